The van der Waals surface area contributed by atoms with Crippen LogP contribution in [0.4, 0.5) is 9.52 Å². The number of carbonyl (C=O) groups is 1. The molecule has 1 aliphatic heterocycles. The number of hydrogen-bond acceptors (Lipinski definition) is 6. The van der Waals surface area contributed by atoms with Gasteiger partial charge in [-0.15, -0.1) is 0 Å². The topological polar surface area (TPSA) is 88.6 Å². The molecule has 0 aliphatic carbocycles. The number of hydrogen-bond donors (Lipinski definition) is 1. The molecule has 7 nitrogen and oxygen atoms in total. The smallest absolute Gasteiger partial charge is 0.257 e. The molecule has 10 heteroatoms. The number of halogens is 1. The molecule has 1 aromatic heterocycles. The first-order valence-electron chi connectivity index (χ1n) is 8.49. The first kappa shape index (κ1) is 18.9. The molecule has 1 saturated heterocycles. The van der Waals surface area contributed by atoms with Crippen LogP contribution in [-0.4, -0.2) is 49.9 Å². The summed E-state index contributed by atoms with van der Waals surface area (Å²) >= 11 is 1.14. The van der Waals surface area contributed by atoms with Gasteiger partial charge in [0.1, 0.15) is 5.82 Å². The third kappa shape index (κ3) is 3.76. The van der Waals surface area contributed by atoms with Gasteiger partial charge in [0.25, 0.3) is 5.91 Å². The summed E-state index contributed by atoms with van der Waals surface area (Å²) in [6.45, 7) is 1.25. The van der Waals surface area contributed by atoms with E-state index in [0.29, 0.717) is 28.6 Å². The zero-order valence-corrected chi connectivity index (χ0v) is 16.2. The molecular weight excluding hydrogens is 405 g/mol. The first-order valence-corrected chi connectivity index (χ1v) is 10.7. The summed E-state index contributed by atoms with van der Waals surface area (Å²) in [4.78, 5) is 16.9. The number of thiazole rings is 1. The number of ether oxygens (including phenoxy) is 1. The van der Waals surface area contributed by atoms with Crippen LogP contribution < -0.4 is 5.32 Å². The van der Waals surface area contributed by atoms with Crippen LogP contribution in [0.5, 0.6) is 0 Å². The minimum atomic E-state index is -3.70. The second kappa shape index (κ2) is 7.55. The fourth-order valence-corrected chi connectivity index (χ4v) is 5.20. The van der Waals surface area contributed by atoms with Crippen LogP contribution in [0.3, 0.4) is 0 Å². The Labute approximate surface area is 164 Å². The van der Waals surface area contributed by atoms with Crippen LogP contribution >= 0.6 is 11.3 Å². The van der Waals surface area contributed by atoms with Crippen molar-refractivity contribution in [1.29, 1.82) is 0 Å². The summed E-state index contributed by atoms with van der Waals surface area (Å²) in [6, 6.07) is 10.0. The van der Waals surface area contributed by atoms with E-state index < -0.39 is 15.9 Å². The number of aromatic nitrogens is 1. The first-order chi connectivity index (χ1) is 13.4. The van der Waals surface area contributed by atoms with Gasteiger partial charge in [0, 0.05) is 18.7 Å². The maximum Gasteiger partial charge on any atom is 0.257 e. The lowest BCUT2D eigenvalue weighted by Gasteiger charge is -2.26. The van der Waals surface area contributed by atoms with Crippen LogP contribution in [0.1, 0.15) is 10.4 Å². The van der Waals surface area contributed by atoms with Gasteiger partial charge in [-0.05, 0) is 36.4 Å². The van der Waals surface area contributed by atoms with Gasteiger partial charge in [-0.1, -0.05) is 17.4 Å². The quantitative estimate of drug-likeness (QED) is 0.700. The van der Waals surface area contributed by atoms with Crippen molar-refractivity contribution >= 4 is 42.6 Å². The lowest BCUT2D eigenvalue weighted by molar-refractivity contribution is 0.0730. The summed E-state index contributed by atoms with van der Waals surface area (Å²) in [5.41, 5.74) is 0.769. The minimum absolute atomic E-state index is 0.0495. The zero-order chi connectivity index (χ0) is 19.7. The molecule has 0 bridgehead atoms. The molecule has 28 heavy (non-hydrogen) atoms. The van der Waals surface area contributed by atoms with Crippen LogP contribution in [0.15, 0.2) is 47.4 Å². The van der Waals surface area contributed by atoms with Gasteiger partial charge in [-0.2, -0.15) is 4.31 Å². The second-order valence-electron chi connectivity index (χ2n) is 6.13. The zero-order valence-electron chi connectivity index (χ0n) is 14.6. The molecule has 0 atom stereocenters. The van der Waals surface area contributed by atoms with Gasteiger partial charge in [0.15, 0.2) is 5.13 Å². The fourth-order valence-electron chi connectivity index (χ4n) is 2.86. The van der Waals surface area contributed by atoms with E-state index in [9.17, 15) is 17.6 Å². The van der Waals surface area contributed by atoms with Crippen LogP contribution in [0.25, 0.3) is 10.2 Å². The summed E-state index contributed by atoms with van der Waals surface area (Å²) in [5, 5.41) is 2.95. The van der Waals surface area contributed by atoms with Crippen molar-refractivity contribution in [3.8, 4) is 0 Å². The molecule has 3 aromatic rings. The lowest BCUT2D eigenvalue weighted by atomic mass is 10.2. The minimum Gasteiger partial charge on any atom is -0.379 e. The number of anilines is 1. The van der Waals surface area contributed by atoms with Crippen molar-refractivity contribution in [2.24, 2.45) is 0 Å². The summed E-state index contributed by atoms with van der Waals surface area (Å²) in [6.07, 6.45) is 0. The molecule has 0 spiro atoms. The standard InChI is InChI=1S/C18H16FN3O4S2/c19-13-4-5-15-16(11-13)27-18(20-15)21-17(23)12-2-1-3-14(10-12)28(24,25)22-6-8-26-9-7-22/h1-5,10-11H,6-9H2,(H,20,21,23). The lowest BCUT2D eigenvalue weighted by Crippen LogP contribution is -2.40. The normalized spacial score (nSPS) is 15.6. The van der Waals surface area contributed by atoms with Crippen LogP contribution in [0.2, 0.25) is 0 Å². The van der Waals surface area contributed by atoms with Gasteiger partial charge >= 0.3 is 0 Å². The molecule has 2 heterocycles. The highest BCUT2D eigenvalue weighted by Crippen LogP contribution is 2.27. The average Bonchev–Trinajstić information content (AvgIpc) is 3.10. The summed E-state index contributed by atoms with van der Waals surface area (Å²) in [7, 11) is -3.70. The fraction of sp³-hybridized carbons (Fsp3) is 0.222. The van der Waals surface area contributed by atoms with Crippen LogP contribution in [0, 0.1) is 5.82 Å². The maximum atomic E-state index is 13.3. The predicted octanol–water partition coefficient (Wildman–Crippen LogP) is 2.71. The Morgan fingerprint density at radius 3 is 2.75 bits per heavy atom. The van der Waals surface area contributed by atoms with Gasteiger partial charge < -0.3 is 4.74 Å². The predicted molar refractivity (Wildman–Crippen MR) is 104 cm³/mol. The number of sulfonamides is 1. The number of benzene rings is 2. The van der Waals surface area contributed by atoms with E-state index in [1.54, 1.807) is 0 Å². The number of amides is 1. The molecule has 4 rings (SSSR count). The molecule has 1 aliphatic rings. The van der Waals surface area contributed by atoms with Gasteiger partial charge in [-0.3, -0.25) is 10.1 Å². The molecular formula is C18H16FN3O4S2. The molecule has 2 aromatic carbocycles. The Bertz CT molecular complexity index is 1140. The van der Waals surface area contributed by atoms with Crippen molar-refractivity contribution in [2.45, 2.75) is 4.90 Å². The number of nitrogens with one attached hydrogen (secondary N) is 1. The van der Waals surface area contributed by atoms with E-state index in [-0.39, 0.29) is 29.4 Å². The second-order valence-corrected chi connectivity index (χ2v) is 9.10. The molecule has 146 valence electrons. The van der Waals surface area contributed by atoms with E-state index in [4.69, 9.17) is 4.74 Å². The largest absolute Gasteiger partial charge is 0.379 e. The van der Waals surface area contributed by atoms with Gasteiger partial charge in [0.05, 0.1) is 28.3 Å². The third-order valence-corrected chi connectivity index (χ3v) is 7.10. The SMILES string of the molecule is O=C(Nc1nc2ccc(F)cc2s1)c1cccc(S(=O)(=O)N2CCOCC2)c1. The highest BCUT2D eigenvalue weighted by atomic mass is 32.2. The molecule has 0 radical (unpaired) electrons. The number of morpholine rings is 1. The van der Waals surface area contributed by atoms with Crippen LogP contribution in [-0.2, 0) is 14.8 Å². The van der Waals surface area contributed by atoms with Crippen molar-refractivity contribution in [2.75, 3.05) is 31.6 Å². The van der Waals surface area contributed by atoms with E-state index >= 15 is 0 Å². The van der Waals surface area contributed by atoms with Crippen molar-refractivity contribution in [3.63, 3.8) is 0 Å². The third-order valence-electron chi connectivity index (χ3n) is 4.28. The Balaban J connectivity index is 1.57. The average molecular weight is 421 g/mol. The van der Waals surface area contributed by atoms with E-state index in [1.165, 1.54) is 46.8 Å². The summed E-state index contributed by atoms with van der Waals surface area (Å²) < 4.78 is 46.0. The highest BCUT2D eigenvalue weighted by molar-refractivity contribution is 7.89. The van der Waals surface area contributed by atoms with E-state index in [0.717, 1.165) is 11.3 Å². The van der Waals surface area contributed by atoms with Gasteiger partial charge in [0.2, 0.25) is 10.0 Å². The molecule has 0 saturated carbocycles. The molecule has 1 N–H and O–H groups in total. The molecule has 1 amide bonds. The van der Waals surface area contributed by atoms with Crippen molar-refractivity contribution in [1.82, 2.24) is 9.29 Å². The Morgan fingerprint density at radius 1 is 1.18 bits per heavy atom. The van der Waals surface area contributed by atoms with Crippen molar-refractivity contribution < 1.29 is 22.3 Å². The van der Waals surface area contributed by atoms with Gasteiger partial charge in [-0.25, -0.2) is 17.8 Å². The molecule has 1 fully saturated rings. The number of carbonyl (C=O) groups excluding carboxylic acids is 1. The highest BCUT2D eigenvalue weighted by Gasteiger charge is 2.27. The van der Waals surface area contributed by atoms with E-state index in [2.05, 4.69) is 10.3 Å². The molecule has 0 unspecified atom stereocenters. The maximum absolute atomic E-state index is 13.3. The Morgan fingerprint density at radius 2 is 1.96 bits per heavy atom. The Hall–Kier alpha value is -2.40. The monoisotopic (exact) mass is 421 g/mol. The summed E-state index contributed by atoms with van der Waals surface area (Å²) in [5.74, 6) is -0.867. The van der Waals surface area contributed by atoms with E-state index in [1.807, 2.05) is 0 Å². The number of fused-ring (bicyclic) bond motifs is 1. The number of rotatable bonds is 4. The number of nitrogens with zero attached hydrogens (tertiary/aromatic N) is 2. The Kier molecular flexibility index (Phi) is 5.11. The van der Waals surface area contributed by atoms with Crippen molar-refractivity contribution in [3.05, 3.63) is 53.8 Å².